The van der Waals surface area contributed by atoms with Crippen LogP contribution in [0.3, 0.4) is 0 Å². The second-order valence-corrected chi connectivity index (χ2v) is 7.37. The Morgan fingerprint density at radius 2 is 2.12 bits per heavy atom. The van der Waals surface area contributed by atoms with Gasteiger partial charge in [0, 0.05) is 42.4 Å². The molecule has 26 heavy (non-hydrogen) atoms. The van der Waals surface area contributed by atoms with Crippen LogP contribution in [0.1, 0.15) is 19.8 Å². The second kappa shape index (κ2) is 12.7. The molecule has 3 N–H and O–H groups in total. The first kappa shape index (κ1) is 23.5. The van der Waals surface area contributed by atoms with E-state index in [1.54, 1.807) is 23.9 Å². The zero-order valence-electron chi connectivity index (χ0n) is 15.2. The van der Waals surface area contributed by atoms with Gasteiger partial charge in [-0.2, -0.15) is 0 Å². The Morgan fingerprint density at radius 1 is 1.35 bits per heavy atom. The van der Waals surface area contributed by atoms with E-state index < -0.39 is 0 Å². The minimum Gasteiger partial charge on any atom is -0.396 e. The summed E-state index contributed by atoms with van der Waals surface area (Å²) in [4.78, 5) is 5.74. The highest BCUT2D eigenvalue weighted by molar-refractivity contribution is 14.0. The van der Waals surface area contributed by atoms with Crippen LogP contribution in [0.4, 0.5) is 4.39 Å². The van der Waals surface area contributed by atoms with Crippen LogP contribution < -0.4 is 10.6 Å². The van der Waals surface area contributed by atoms with Crippen molar-refractivity contribution in [3.63, 3.8) is 0 Å². The molecule has 0 aliphatic carbocycles. The van der Waals surface area contributed by atoms with E-state index >= 15 is 0 Å². The van der Waals surface area contributed by atoms with Gasteiger partial charge in [-0.25, -0.2) is 4.39 Å². The van der Waals surface area contributed by atoms with Crippen molar-refractivity contribution in [1.82, 2.24) is 10.6 Å². The summed E-state index contributed by atoms with van der Waals surface area (Å²) in [6.07, 6.45) is 1.66. The van der Waals surface area contributed by atoms with Gasteiger partial charge in [-0.1, -0.05) is 0 Å². The van der Waals surface area contributed by atoms with Gasteiger partial charge in [0.25, 0.3) is 0 Å². The van der Waals surface area contributed by atoms with Crippen molar-refractivity contribution < 1.29 is 14.2 Å². The van der Waals surface area contributed by atoms with Crippen LogP contribution in [0.25, 0.3) is 0 Å². The number of aliphatic imine (C=N–C) groups is 1. The molecule has 0 aromatic heterocycles. The van der Waals surface area contributed by atoms with Gasteiger partial charge in [0.15, 0.2) is 5.96 Å². The number of aliphatic hydroxyl groups is 1. The molecule has 1 unspecified atom stereocenters. The van der Waals surface area contributed by atoms with Crippen LogP contribution in [0.5, 0.6) is 0 Å². The first-order valence-electron chi connectivity index (χ1n) is 8.76. The van der Waals surface area contributed by atoms with E-state index in [2.05, 4.69) is 15.6 Å². The number of halogens is 2. The van der Waals surface area contributed by atoms with Crippen LogP contribution in [-0.2, 0) is 4.74 Å². The third-order valence-electron chi connectivity index (χ3n) is 4.22. The first-order valence-corrected chi connectivity index (χ1v) is 9.75. The SMILES string of the molecule is CCNC(=NCC1(CCO)CCOC1)NCCSc1ccc(F)cc1.I. The zero-order chi connectivity index (χ0) is 18.0. The van der Waals surface area contributed by atoms with Gasteiger partial charge in [-0.15, -0.1) is 35.7 Å². The van der Waals surface area contributed by atoms with Crippen LogP contribution >= 0.6 is 35.7 Å². The number of hydrogen-bond acceptors (Lipinski definition) is 4. The number of aliphatic hydroxyl groups excluding tert-OH is 1. The van der Waals surface area contributed by atoms with Crippen molar-refractivity contribution in [3.05, 3.63) is 30.1 Å². The van der Waals surface area contributed by atoms with Crippen molar-refractivity contribution in [2.45, 2.75) is 24.7 Å². The predicted molar refractivity (Wildman–Crippen MR) is 116 cm³/mol. The lowest BCUT2D eigenvalue weighted by atomic mass is 9.84. The van der Waals surface area contributed by atoms with Gasteiger partial charge < -0.3 is 20.5 Å². The Morgan fingerprint density at radius 3 is 2.73 bits per heavy atom. The molecule has 8 heteroatoms. The number of nitrogens with zero attached hydrogens (tertiary/aromatic N) is 1. The lowest BCUT2D eigenvalue weighted by Gasteiger charge is -2.24. The van der Waals surface area contributed by atoms with Crippen LogP contribution in [-0.4, -0.2) is 56.3 Å². The number of ether oxygens (including phenoxy) is 1. The molecular formula is C18H29FIN3O2S. The molecule has 1 aliphatic heterocycles. The lowest BCUT2D eigenvalue weighted by Crippen LogP contribution is -2.39. The lowest BCUT2D eigenvalue weighted by molar-refractivity contribution is 0.131. The van der Waals surface area contributed by atoms with Crippen LogP contribution in [0, 0.1) is 11.2 Å². The minimum absolute atomic E-state index is 0. The van der Waals surface area contributed by atoms with Gasteiger partial charge in [0.05, 0.1) is 13.2 Å². The summed E-state index contributed by atoms with van der Waals surface area (Å²) in [5.74, 6) is 1.43. The molecule has 0 spiro atoms. The van der Waals surface area contributed by atoms with E-state index in [0.29, 0.717) is 13.2 Å². The average Bonchev–Trinajstić information content (AvgIpc) is 3.07. The smallest absolute Gasteiger partial charge is 0.191 e. The predicted octanol–water partition coefficient (Wildman–Crippen LogP) is 2.88. The minimum atomic E-state index is -0.211. The third kappa shape index (κ3) is 7.98. The molecule has 0 amide bonds. The van der Waals surface area contributed by atoms with E-state index in [1.165, 1.54) is 12.1 Å². The maximum atomic E-state index is 12.9. The molecule has 1 fully saturated rings. The molecule has 0 saturated carbocycles. The van der Waals surface area contributed by atoms with Crippen molar-refractivity contribution in [2.24, 2.45) is 10.4 Å². The Kier molecular flexibility index (Phi) is 11.5. The summed E-state index contributed by atoms with van der Waals surface area (Å²) in [6.45, 7) is 5.81. The van der Waals surface area contributed by atoms with Crippen molar-refractivity contribution in [3.8, 4) is 0 Å². The average molecular weight is 497 g/mol. The standard InChI is InChI=1S/C18H28FN3O2S.HI/c1-2-20-17(22-13-18(7-10-23)8-11-24-14-18)21-9-12-25-16-5-3-15(19)4-6-16;/h3-6,23H,2,7-14H2,1H3,(H2,20,21,22);1H. The van der Waals surface area contributed by atoms with E-state index in [9.17, 15) is 9.50 Å². The molecule has 1 heterocycles. The first-order chi connectivity index (χ1) is 12.2. The van der Waals surface area contributed by atoms with Crippen LogP contribution in [0.15, 0.2) is 34.2 Å². The molecule has 148 valence electrons. The fourth-order valence-corrected chi connectivity index (χ4v) is 3.51. The van der Waals surface area contributed by atoms with E-state index in [4.69, 9.17) is 4.74 Å². The summed E-state index contributed by atoms with van der Waals surface area (Å²) in [5, 5.41) is 15.9. The van der Waals surface area contributed by atoms with Crippen molar-refractivity contribution in [2.75, 3.05) is 45.2 Å². The number of rotatable bonds is 9. The molecule has 1 atom stereocenters. The van der Waals surface area contributed by atoms with E-state index in [1.807, 2.05) is 6.92 Å². The highest BCUT2D eigenvalue weighted by atomic mass is 127. The zero-order valence-corrected chi connectivity index (χ0v) is 18.3. The Labute approximate surface area is 176 Å². The molecule has 1 saturated heterocycles. The number of guanidine groups is 1. The number of benzene rings is 1. The van der Waals surface area contributed by atoms with Gasteiger partial charge in [0.2, 0.25) is 0 Å². The maximum Gasteiger partial charge on any atom is 0.191 e. The molecule has 5 nitrogen and oxygen atoms in total. The van der Waals surface area contributed by atoms with Gasteiger partial charge >= 0.3 is 0 Å². The normalized spacial score (nSPS) is 19.9. The number of thioether (sulfide) groups is 1. The van der Waals surface area contributed by atoms with Gasteiger partial charge in [0.1, 0.15) is 5.82 Å². The third-order valence-corrected chi connectivity index (χ3v) is 5.23. The Hall–Kier alpha value is -0.580. The number of nitrogens with one attached hydrogen (secondary N) is 2. The maximum absolute atomic E-state index is 12.9. The quantitative estimate of drug-likeness (QED) is 0.161. The highest BCUT2D eigenvalue weighted by Crippen LogP contribution is 2.32. The molecule has 1 aliphatic rings. The fourth-order valence-electron chi connectivity index (χ4n) is 2.75. The summed E-state index contributed by atoms with van der Waals surface area (Å²) in [7, 11) is 0. The molecule has 1 aromatic rings. The van der Waals surface area contributed by atoms with Gasteiger partial charge in [-0.05, 0) is 44.0 Å². The Bertz CT molecular complexity index is 540. The summed E-state index contributed by atoms with van der Waals surface area (Å²) >= 11 is 1.67. The Balaban J connectivity index is 0.00000338. The van der Waals surface area contributed by atoms with Gasteiger partial charge in [-0.3, -0.25) is 4.99 Å². The summed E-state index contributed by atoms with van der Waals surface area (Å²) < 4.78 is 18.4. The largest absolute Gasteiger partial charge is 0.396 e. The molecular weight excluding hydrogens is 468 g/mol. The molecule has 0 bridgehead atoms. The molecule has 2 rings (SSSR count). The second-order valence-electron chi connectivity index (χ2n) is 6.20. The fraction of sp³-hybridized carbons (Fsp3) is 0.611. The molecule has 1 aromatic carbocycles. The van der Waals surface area contributed by atoms with Crippen LogP contribution in [0.2, 0.25) is 0 Å². The van der Waals surface area contributed by atoms with Crippen molar-refractivity contribution >= 4 is 41.7 Å². The van der Waals surface area contributed by atoms with Crippen molar-refractivity contribution in [1.29, 1.82) is 0 Å². The summed E-state index contributed by atoms with van der Waals surface area (Å²) in [5.41, 5.74) is -0.0417. The van der Waals surface area contributed by atoms with E-state index in [-0.39, 0.29) is 41.8 Å². The highest BCUT2D eigenvalue weighted by Gasteiger charge is 2.34. The summed E-state index contributed by atoms with van der Waals surface area (Å²) in [6, 6.07) is 6.53. The monoisotopic (exact) mass is 497 g/mol. The van der Waals surface area contributed by atoms with E-state index in [0.717, 1.165) is 49.1 Å². The number of hydrogen-bond donors (Lipinski definition) is 3. The molecule has 0 radical (unpaired) electrons. The topological polar surface area (TPSA) is 65.9 Å².